The molecule has 0 unspecified atom stereocenters. The van der Waals surface area contributed by atoms with E-state index in [-0.39, 0.29) is 11.9 Å². The second kappa shape index (κ2) is 7.00. The van der Waals surface area contributed by atoms with Crippen molar-refractivity contribution in [2.45, 2.75) is 19.9 Å². The highest BCUT2D eigenvalue weighted by molar-refractivity contribution is 5.90. The van der Waals surface area contributed by atoms with Crippen LogP contribution in [0.3, 0.4) is 0 Å². The molecule has 6 heteroatoms. The van der Waals surface area contributed by atoms with Crippen LogP contribution in [-0.4, -0.2) is 29.0 Å². The molecule has 1 amide bonds. The standard InChI is InChI=1S/C17H19FN4O/c1-11(2)22(3)17-16(12-4-6-13(18)7-5-12)20-10-14(21-17)8-9-15(19)23/h4-11H,1-3H3,(H2,19,23)/b9-8+. The van der Waals surface area contributed by atoms with E-state index in [4.69, 9.17) is 5.73 Å². The van der Waals surface area contributed by atoms with Crippen LogP contribution in [-0.2, 0) is 4.79 Å². The second-order valence-corrected chi connectivity index (χ2v) is 5.41. The maximum Gasteiger partial charge on any atom is 0.241 e. The number of benzene rings is 1. The number of aromatic nitrogens is 2. The molecule has 23 heavy (non-hydrogen) atoms. The van der Waals surface area contributed by atoms with Gasteiger partial charge in [0.1, 0.15) is 11.5 Å². The van der Waals surface area contributed by atoms with Gasteiger partial charge in [0, 0.05) is 24.7 Å². The molecule has 0 saturated carbocycles. The fourth-order valence-corrected chi connectivity index (χ4v) is 1.94. The van der Waals surface area contributed by atoms with Crippen LogP contribution in [0.1, 0.15) is 19.5 Å². The Morgan fingerprint density at radius 3 is 2.52 bits per heavy atom. The highest BCUT2D eigenvalue weighted by Gasteiger charge is 2.15. The summed E-state index contributed by atoms with van der Waals surface area (Å²) in [4.78, 5) is 21.8. The molecule has 0 spiro atoms. The first kappa shape index (κ1) is 16.6. The SMILES string of the molecule is CC(C)N(C)c1nc(/C=C/C(N)=O)cnc1-c1ccc(F)cc1. The minimum Gasteiger partial charge on any atom is -0.366 e. The molecule has 0 bridgehead atoms. The summed E-state index contributed by atoms with van der Waals surface area (Å²) in [6.45, 7) is 4.06. The van der Waals surface area contributed by atoms with E-state index in [2.05, 4.69) is 9.97 Å². The lowest BCUT2D eigenvalue weighted by Gasteiger charge is -2.24. The van der Waals surface area contributed by atoms with Gasteiger partial charge in [0.25, 0.3) is 0 Å². The summed E-state index contributed by atoms with van der Waals surface area (Å²) in [5.41, 5.74) is 7.05. The Morgan fingerprint density at radius 2 is 1.96 bits per heavy atom. The van der Waals surface area contributed by atoms with Crippen LogP contribution in [0, 0.1) is 5.82 Å². The molecule has 1 heterocycles. The van der Waals surface area contributed by atoms with Crippen molar-refractivity contribution in [3.63, 3.8) is 0 Å². The lowest BCUT2D eigenvalue weighted by atomic mass is 10.1. The Hall–Kier alpha value is -2.76. The molecule has 5 nitrogen and oxygen atoms in total. The van der Waals surface area contributed by atoms with Gasteiger partial charge in [0.15, 0.2) is 5.82 Å². The van der Waals surface area contributed by atoms with Gasteiger partial charge in [-0.1, -0.05) is 0 Å². The molecule has 0 fully saturated rings. The fourth-order valence-electron chi connectivity index (χ4n) is 1.94. The molecule has 2 N–H and O–H groups in total. The minimum absolute atomic E-state index is 0.193. The average Bonchev–Trinajstić information content (AvgIpc) is 2.52. The monoisotopic (exact) mass is 314 g/mol. The molecule has 1 aromatic carbocycles. The van der Waals surface area contributed by atoms with Crippen LogP contribution in [0.4, 0.5) is 10.2 Å². The molecule has 1 aromatic heterocycles. The van der Waals surface area contributed by atoms with Crippen molar-refractivity contribution in [1.82, 2.24) is 9.97 Å². The van der Waals surface area contributed by atoms with E-state index in [1.54, 1.807) is 18.3 Å². The molecule has 2 aromatic rings. The van der Waals surface area contributed by atoms with Gasteiger partial charge in [-0.05, 0) is 44.2 Å². The zero-order chi connectivity index (χ0) is 17.0. The van der Waals surface area contributed by atoms with E-state index in [1.165, 1.54) is 24.3 Å². The van der Waals surface area contributed by atoms with Crippen LogP contribution in [0.5, 0.6) is 0 Å². The Labute approximate surface area is 134 Å². The third kappa shape index (κ3) is 4.12. The Balaban J connectivity index is 2.52. The van der Waals surface area contributed by atoms with Gasteiger partial charge >= 0.3 is 0 Å². The number of rotatable bonds is 5. The lowest BCUT2D eigenvalue weighted by molar-refractivity contribution is -0.113. The quantitative estimate of drug-likeness (QED) is 0.861. The average molecular weight is 314 g/mol. The Kier molecular flexibility index (Phi) is 5.05. The molecule has 120 valence electrons. The molecular weight excluding hydrogens is 295 g/mol. The van der Waals surface area contributed by atoms with Crippen molar-refractivity contribution < 1.29 is 9.18 Å². The second-order valence-electron chi connectivity index (χ2n) is 5.41. The van der Waals surface area contributed by atoms with Gasteiger partial charge < -0.3 is 10.6 Å². The van der Waals surface area contributed by atoms with E-state index in [9.17, 15) is 9.18 Å². The predicted octanol–water partition coefficient (Wildman–Crippen LogP) is 2.63. The van der Waals surface area contributed by atoms with Crippen LogP contribution >= 0.6 is 0 Å². The van der Waals surface area contributed by atoms with E-state index >= 15 is 0 Å². The lowest BCUT2D eigenvalue weighted by Crippen LogP contribution is -2.27. The maximum absolute atomic E-state index is 13.1. The molecule has 0 aliphatic rings. The number of halogens is 1. The van der Waals surface area contributed by atoms with Crippen molar-refractivity contribution >= 4 is 17.8 Å². The van der Waals surface area contributed by atoms with Gasteiger partial charge in [-0.2, -0.15) is 0 Å². The van der Waals surface area contributed by atoms with Crippen LogP contribution < -0.4 is 10.6 Å². The molecule has 2 rings (SSSR count). The number of anilines is 1. The smallest absolute Gasteiger partial charge is 0.241 e. The largest absolute Gasteiger partial charge is 0.366 e. The summed E-state index contributed by atoms with van der Waals surface area (Å²) >= 11 is 0. The number of hydrogen-bond acceptors (Lipinski definition) is 4. The van der Waals surface area contributed by atoms with Crippen molar-refractivity contribution in [2.75, 3.05) is 11.9 Å². The molecule has 0 aliphatic heterocycles. The summed E-state index contributed by atoms with van der Waals surface area (Å²) in [5.74, 6) is -0.201. The number of hydrogen-bond donors (Lipinski definition) is 1. The van der Waals surface area contributed by atoms with Gasteiger partial charge in [-0.25, -0.2) is 9.37 Å². The number of amides is 1. The van der Waals surface area contributed by atoms with E-state index < -0.39 is 5.91 Å². The molecule has 0 radical (unpaired) electrons. The number of carbonyl (C=O) groups is 1. The van der Waals surface area contributed by atoms with Crippen molar-refractivity contribution in [3.8, 4) is 11.3 Å². The molecule has 0 aliphatic carbocycles. The van der Waals surface area contributed by atoms with E-state index in [1.807, 2.05) is 25.8 Å². The zero-order valence-corrected chi connectivity index (χ0v) is 13.3. The van der Waals surface area contributed by atoms with Gasteiger partial charge in [-0.15, -0.1) is 0 Å². The number of nitrogens with two attached hydrogens (primary N) is 1. The summed E-state index contributed by atoms with van der Waals surface area (Å²) in [7, 11) is 1.91. The minimum atomic E-state index is -0.548. The number of nitrogens with zero attached hydrogens (tertiary/aromatic N) is 3. The summed E-state index contributed by atoms with van der Waals surface area (Å²) in [6.07, 6.45) is 4.30. The summed E-state index contributed by atoms with van der Waals surface area (Å²) in [5, 5.41) is 0. The van der Waals surface area contributed by atoms with Crippen molar-refractivity contribution in [2.24, 2.45) is 5.73 Å². The fraction of sp³-hybridized carbons (Fsp3) is 0.235. The first-order valence-corrected chi connectivity index (χ1v) is 7.22. The maximum atomic E-state index is 13.1. The van der Waals surface area contributed by atoms with Crippen LogP contribution in [0.25, 0.3) is 17.3 Å². The van der Waals surface area contributed by atoms with E-state index in [0.29, 0.717) is 17.2 Å². The van der Waals surface area contributed by atoms with Gasteiger partial charge in [-0.3, -0.25) is 9.78 Å². The van der Waals surface area contributed by atoms with Gasteiger partial charge in [0.2, 0.25) is 5.91 Å². The summed E-state index contributed by atoms with van der Waals surface area (Å²) < 4.78 is 13.1. The predicted molar refractivity (Wildman–Crippen MR) is 89.2 cm³/mol. The van der Waals surface area contributed by atoms with Gasteiger partial charge in [0.05, 0.1) is 11.9 Å². The summed E-state index contributed by atoms with van der Waals surface area (Å²) in [6, 6.07) is 6.29. The molecular formula is C17H19FN4O. The highest BCUT2D eigenvalue weighted by Crippen LogP contribution is 2.28. The third-order valence-electron chi connectivity index (χ3n) is 3.42. The molecule has 0 atom stereocenters. The normalized spacial score (nSPS) is 11.2. The van der Waals surface area contributed by atoms with E-state index in [0.717, 1.165) is 5.56 Å². The molecule has 0 saturated heterocycles. The van der Waals surface area contributed by atoms with Crippen LogP contribution in [0.15, 0.2) is 36.5 Å². The van der Waals surface area contributed by atoms with Crippen molar-refractivity contribution in [1.29, 1.82) is 0 Å². The van der Waals surface area contributed by atoms with Crippen molar-refractivity contribution in [3.05, 3.63) is 48.0 Å². The Bertz CT molecular complexity index is 726. The number of primary amides is 1. The van der Waals surface area contributed by atoms with Crippen LogP contribution in [0.2, 0.25) is 0 Å². The first-order valence-electron chi connectivity index (χ1n) is 7.22. The first-order chi connectivity index (χ1) is 10.9. The zero-order valence-electron chi connectivity index (χ0n) is 13.3. The number of carbonyl (C=O) groups excluding carboxylic acids is 1. The highest BCUT2D eigenvalue weighted by atomic mass is 19.1. The third-order valence-corrected chi connectivity index (χ3v) is 3.42. The topological polar surface area (TPSA) is 72.1 Å². The Morgan fingerprint density at radius 1 is 1.30 bits per heavy atom.